The zero-order chi connectivity index (χ0) is 24.6. The molecular formula is C26H31N3O5S. The van der Waals surface area contributed by atoms with Gasteiger partial charge in [0.1, 0.15) is 10.6 Å². The Bertz CT molecular complexity index is 1180. The Morgan fingerprint density at radius 3 is 2.11 bits per heavy atom. The van der Waals surface area contributed by atoms with Gasteiger partial charge in [-0.1, -0.05) is 37.1 Å². The number of carbonyl (C=O) groups excluding carboxylic acids is 2. The van der Waals surface area contributed by atoms with E-state index in [1.807, 2.05) is 30.3 Å². The van der Waals surface area contributed by atoms with Crippen LogP contribution in [0.4, 0.5) is 5.69 Å². The summed E-state index contributed by atoms with van der Waals surface area (Å²) >= 11 is 0. The Labute approximate surface area is 206 Å². The quantitative estimate of drug-likeness (QED) is 0.571. The number of benzene rings is 2. The number of imide groups is 1. The van der Waals surface area contributed by atoms with Crippen molar-refractivity contribution >= 4 is 27.5 Å². The van der Waals surface area contributed by atoms with Crippen LogP contribution in [0.25, 0.3) is 0 Å². The van der Waals surface area contributed by atoms with E-state index in [9.17, 15) is 18.0 Å². The van der Waals surface area contributed by atoms with Crippen molar-refractivity contribution in [1.29, 1.82) is 0 Å². The van der Waals surface area contributed by atoms with E-state index in [1.54, 1.807) is 18.2 Å². The van der Waals surface area contributed by atoms with Gasteiger partial charge in [0.2, 0.25) is 21.8 Å². The van der Waals surface area contributed by atoms with Gasteiger partial charge in [-0.25, -0.2) is 8.42 Å². The van der Waals surface area contributed by atoms with Crippen LogP contribution in [0.3, 0.4) is 0 Å². The Morgan fingerprint density at radius 2 is 1.51 bits per heavy atom. The summed E-state index contributed by atoms with van der Waals surface area (Å²) in [5, 5.41) is 0. The molecule has 0 spiro atoms. The molecule has 2 amide bonds. The van der Waals surface area contributed by atoms with Crippen LogP contribution in [0.5, 0.6) is 5.75 Å². The summed E-state index contributed by atoms with van der Waals surface area (Å²) in [6, 6.07) is 14.8. The molecule has 1 aliphatic carbocycles. The first-order chi connectivity index (χ1) is 16.9. The number of anilines is 1. The largest absolute Gasteiger partial charge is 0.495 e. The molecule has 8 nitrogen and oxygen atoms in total. The van der Waals surface area contributed by atoms with Crippen molar-refractivity contribution < 1.29 is 22.7 Å². The predicted molar refractivity (Wildman–Crippen MR) is 131 cm³/mol. The molecule has 3 aliphatic rings. The zero-order valence-electron chi connectivity index (χ0n) is 19.9. The first-order valence-electron chi connectivity index (χ1n) is 12.2. The second-order valence-electron chi connectivity index (χ2n) is 9.47. The Hall–Kier alpha value is -2.91. The molecule has 0 radical (unpaired) electrons. The van der Waals surface area contributed by atoms with Crippen molar-refractivity contribution in [2.45, 2.75) is 37.1 Å². The number of ether oxygens (including phenoxy) is 1. The van der Waals surface area contributed by atoms with E-state index in [2.05, 4.69) is 4.90 Å². The number of likely N-dealkylation sites (tertiary alicyclic amines) is 1. The summed E-state index contributed by atoms with van der Waals surface area (Å²) in [6.45, 7) is 1.97. The van der Waals surface area contributed by atoms with Crippen LogP contribution in [0.2, 0.25) is 0 Å². The molecule has 0 unspecified atom stereocenters. The number of fused-ring (bicyclic) bond motifs is 1. The summed E-state index contributed by atoms with van der Waals surface area (Å²) < 4.78 is 34.1. The van der Waals surface area contributed by atoms with Gasteiger partial charge in [-0.15, -0.1) is 0 Å². The maximum atomic E-state index is 13.6. The van der Waals surface area contributed by atoms with Crippen molar-refractivity contribution in [3.63, 3.8) is 0 Å². The van der Waals surface area contributed by atoms with Gasteiger partial charge < -0.3 is 9.64 Å². The lowest BCUT2D eigenvalue weighted by atomic mass is 9.81. The minimum Gasteiger partial charge on any atom is -0.495 e. The number of nitrogens with zero attached hydrogens (tertiary/aromatic N) is 3. The average Bonchev–Trinajstić information content (AvgIpc) is 3.14. The molecule has 0 N–H and O–H groups in total. The fourth-order valence-electron chi connectivity index (χ4n) is 5.55. The standard InChI is InChI=1S/C26H31N3O5S/c1-34-23-12-11-19(18-29-25(30)21-9-5-6-10-22(21)26(29)31)17-24(23)35(32,33)28-15-13-27(14-16-28)20-7-3-2-4-8-20/h2-4,7-8,11-12,17,21-22H,5-6,9-10,13-16,18H2,1H3/t21-,22+. The van der Waals surface area contributed by atoms with E-state index < -0.39 is 10.0 Å². The Morgan fingerprint density at radius 1 is 0.886 bits per heavy atom. The molecule has 0 aromatic heterocycles. The van der Waals surface area contributed by atoms with Crippen LogP contribution in [0.1, 0.15) is 31.2 Å². The van der Waals surface area contributed by atoms with Gasteiger partial charge in [0.15, 0.2) is 0 Å². The number of sulfonamides is 1. The summed E-state index contributed by atoms with van der Waals surface area (Å²) in [5.74, 6) is -0.446. The van der Waals surface area contributed by atoms with Gasteiger partial charge >= 0.3 is 0 Å². The molecule has 2 aliphatic heterocycles. The molecule has 2 aromatic rings. The zero-order valence-corrected chi connectivity index (χ0v) is 20.7. The summed E-state index contributed by atoms with van der Waals surface area (Å²) in [7, 11) is -2.38. The average molecular weight is 498 g/mol. The highest BCUT2D eigenvalue weighted by molar-refractivity contribution is 7.89. The molecule has 35 heavy (non-hydrogen) atoms. The van der Waals surface area contributed by atoms with Crippen molar-refractivity contribution in [1.82, 2.24) is 9.21 Å². The topological polar surface area (TPSA) is 87.2 Å². The van der Waals surface area contributed by atoms with Gasteiger partial charge in [-0.3, -0.25) is 14.5 Å². The predicted octanol–water partition coefficient (Wildman–Crippen LogP) is 2.88. The third-order valence-electron chi connectivity index (χ3n) is 7.48. The molecule has 1 saturated carbocycles. The molecule has 2 atom stereocenters. The number of rotatable bonds is 6. The molecule has 5 rings (SSSR count). The maximum absolute atomic E-state index is 13.6. The summed E-state index contributed by atoms with van der Waals surface area (Å²) in [4.78, 5) is 29.4. The lowest BCUT2D eigenvalue weighted by Gasteiger charge is -2.35. The molecular weight excluding hydrogens is 466 g/mol. The smallest absolute Gasteiger partial charge is 0.246 e. The molecule has 0 bridgehead atoms. The van der Waals surface area contributed by atoms with Crippen molar-refractivity contribution in [3.8, 4) is 5.75 Å². The van der Waals surface area contributed by atoms with Gasteiger partial charge in [0.25, 0.3) is 0 Å². The van der Waals surface area contributed by atoms with E-state index in [0.29, 0.717) is 31.7 Å². The number of piperazine rings is 1. The third kappa shape index (κ3) is 4.43. The minimum atomic E-state index is -3.82. The maximum Gasteiger partial charge on any atom is 0.246 e. The lowest BCUT2D eigenvalue weighted by Crippen LogP contribution is -2.48. The SMILES string of the molecule is COc1ccc(CN2C(=O)[C@H]3CCCC[C@H]3C2=O)cc1S(=O)(=O)N1CCN(c2ccccc2)CC1. The second kappa shape index (κ2) is 9.62. The fraction of sp³-hybridized carbons (Fsp3) is 0.462. The van der Waals surface area contributed by atoms with Gasteiger partial charge in [-0.2, -0.15) is 4.31 Å². The number of methoxy groups -OCH3 is 1. The summed E-state index contributed by atoms with van der Waals surface area (Å²) in [5.41, 5.74) is 1.68. The highest BCUT2D eigenvalue weighted by Gasteiger charge is 2.48. The van der Waals surface area contributed by atoms with Crippen LogP contribution < -0.4 is 9.64 Å². The second-order valence-corrected chi connectivity index (χ2v) is 11.4. The van der Waals surface area contributed by atoms with Gasteiger partial charge in [0, 0.05) is 31.9 Å². The van der Waals surface area contributed by atoms with Crippen LogP contribution in [-0.2, 0) is 26.2 Å². The summed E-state index contributed by atoms with van der Waals surface area (Å²) in [6.07, 6.45) is 3.44. The number of carbonyl (C=O) groups is 2. The van der Waals surface area contributed by atoms with Crippen molar-refractivity contribution in [2.24, 2.45) is 11.8 Å². The molecule has 9 heteroatoms. The Kier molecular flexibility index (Phi) is 6.55. The monoisotopic (exact) mass is 497 g/mol. The lowest BCUT2D eigenvalue weighted by molar-refractivity contribution is -0.140. The molecule has 2 aromatic carbocycles. The van der Waals surface area contributed by atoms with Crippen LogP contribution in [0.15, 0.2) is 53.4 Å². The van der Waals surface area contributed by atoms with Crippen LogP contribution in [-0.4, -0.2) is 62.7 Å². The first kappa shape index (κ1) is 23.8. The van der Waals surface area contributed by atoms with E-state index in [0.717, 1.165) is 31.4 Å². The number of hydrogen-bond donors (Lipinski definition) is 0. The van der Waals surface area contributed by atoms with E-state index in [1.165, 1.54) is 16.3 Å². The van der Waals surface area contributed by atoms with Crippen LogP contribution >= 0.6 is 0 Å². The van der Waals surface area contributed by atoms with Gasteiger partial charge in [-0.05, 0) is 42.7 Å². The molecule has 3 fully saturated rings. The van der Waals surface area contributed by atoms with Crippen molar-refractivity contribution in [3.05, 3.63) is 54.1 Å². The fourth-order valence-corrected chi connectivity index (χ4v) is 7.18. The highest BCUT2D eigenvalue weighted by Crippen LogP contribution is 2.39. The third-order valence-corrected chi connectivity index (χ3v) is 9.40. The van der Waals surface area contributed by atoms with Gasteiger partial charge in [0.05, 0.1) is 25.5 Å². The Balaban J connectivity index is 1.35. The number of para-hydroxylation sites is 1. The normalized spacial score (nSPS) is 23.5. The molecule has 2 heterocycles. The molecule has 186 valence electrons. The number of amides is 2. The van der Waals surface area contributed by atoms with E-state index >= 15 is 0 Å². The van der Waals surface area contributed by atoms with E-state index in [-0.39, 0.29) is 40.8 Å². The van der Waals surface area contributed by atoms with Crippen molar-refractivity contribution in [2.75, 3.05) is 38.2 Å². The molecule has 2 saturated heterocycles. The highest BCUT2D eigenvalue weighted by atomic mass is 32.2. The van der Waals surface area contributed by atoms with E-state index in [4.69, 9.17) is 4.74 Å². The number of hydrogen-bond acceptors (Lipinski definition) is 6. The first-order valence-corrected chi connectivity index (χ1v) is 13.7. The minimum absolute atomic E-state index is 0.0715. The van der Waals surface area contributed by atoms with Crippen LogP contribution in [0, 0.1) is 11.8 Å².